The van der Waals surface area contributed by atoms with E-state index in [1.807, 2.05) is 11.3 Å². The third kappa shape index (κ3) is 5.42. The van der Waals surface area contributed by atoms with Crippen LogP contribution in [0.3, 0.4) is 0 Å². The van der Waals surface area contributed by atoms with E-state index in [2.05, 4.69) is 56.6 Å². The molecule has 2 aromatic rings. The molecule has 0 spiro atoms. The van der Waals surface area contributed by atoms with Crippen LogP contribution < -0.4 is 5.32 Å². The number of benzene rings is 1. The van der Waals surface area contributed by atoms with Gasteiger partial charge in [-0.3, -0.25) is 4.79 Å². The molecule has 0 bridgehead atoms. The Morgan fingerprint density at radius 1 is 1.09 bits per heavy atom. The molecule has 0 radical (unpaired) electrons. The van der Waals surface area contributed by atoms with Crippen molar-refractivity contribution in [3.05, 3.63) is 39.7 Å². The van der Waals surface area contributed by atoms with Crippen molar-refractivity contribution < 1.29 is 9.53 Å². The van der Waals surface area contributed by atoms with Crippen molar-refractivity contribution in [2.24, 2.45) is 5.92 Å². The number of hydrogen-bond donors (Lipinski definition) is 1. The third-order valence-electron chi connectivity index (χ3n) is 8.95. The van der Waals surface area contributed by atoms with Crippen molar-refractivity contribution in [3.63, 3.8) is 0 Å². The number of hydrogen-bond acceptors (Lipinski definition) is 5. The van der Waals surface area contributed by atoms with Gasteiger partial charge in [0.05, 0.1) is 17.3 Å². The van der Waals surface area contributed by atoms with Gasteiger partial charge >= 0.3 is 0 Å². The van der Waals surface area contributed by atoms with Crippen LogP contribution in [0.2, 0.25) is 0 Å². The van der Waals surface area contributed by atoms with Gasteiger partial charge in [0.1, 0.15) is 6.10 Å². The lowest BCUT2D eigenvalue weighted by atomic mass is 9.63. The predicted molar refractivity (Wildman–Crippen MR) is 144 cm³/mol. The van der Waals surface area contributed by atoms with Gasteiger partial charge in [-0.05, 0) is 78.9 Å². The van der Waals surface area contributed by atoms with Crippen LogP contribution in [0.5, 0.6) is 0 Å². The summed E-state index contributed by atoms with van der Waals surface area (Å²) in [6.07, 6.45) is 8.72. The van der Waals surface area contributed by atoms with Crippen molar-refractivity contribution in [1.82, 2.24) is 10.3 Å². The number of ketones is 1. The molecule has 2 fully saturated rings. The van der Waals surface area contributed by atoms with Crippen LogP contribution in [0.4, 0.5) is 0 Å². The molecule has 190 valence electrons. The summed E-state index contributed by atoms with van der Waals surface area (Å²) in [7, 11) is 0. The van der Waals surface area contributed by atoms with Crippen LogP contribution in [-0.2, 0) is 20.4 Å². The predicted octanol–water partition coefficient (Wildman–Crippen LogP) is 6.77. The summed E-state index contributed by atoms with van der Waals surface area (Å²) in [4.78, 5) is 17.6. The minimum absolute atomic E-state index is 0.221. The van der Waals surface area contributed by atoms with Crippen LogP contribution in [0.1, 0.15) is 101 Å². The molecule has 1 aromatic heterocycles. The number of morpholine rings is 1. The first kappa shape index (κ1) is 25.1. The smallest absolute Gasteiger partial charge is 0.162 e. The van der Waals surface area contributed by atoms with Crippen LogP contribution in [0.25, 0.3) is 11.3 Å². The minimum Gasteiger partial charge on any atom is -0.368 e. The second-order valence-corrected chi connectivity index (χ2v) is 13.3. The largest absolute Gasteiger partial charge is 0.368 e. The maximum atomic E-state index is 12.5. The average molecular weight is 495 g/mol. The van der Waals surface area contributed by atoms with Gasteiger partial charge < -0.3 is 10.1 Å². The monoisotopic (exact) mass is 494 g/mol. The average Bonchev–Trinajstić information content (AvgIpc) is 3.36. The number of carbonyl (C=O) groups excluding carboxylic acids is 1. The van der Waals surface area contributed by atoms with Gasteiger partial charge in [-0.25, -0.2) is 4.98 Å². The number of ether oxygens (including phenoxy) is 1. The zero-order chi connectivity index (χ0) is 24.6. The Morgan fingerprint density at radius 3 is 2.54 bits per heavy atom. The summed E-state index contributed by atoms with van der Waals surface area (Å²) in [6, 6.07) is 7.08. The minimum atomic E-state index is -0.228. The first-order chi connectivity index (χ1) is 16.7. The Morgan fingerprint density at radius 2 is 1.83 bits per heavy atom. The Bertz CT molecular complexity index is 1040. The highest BCUT2D eigenvalue weighted by atomic mass is 32.1. The summed E-state index contributed by atoms with van der Waals surface area (Å²) in [5, 5.41) is 6.83. The fourth-order valence-corrected chi connectivity index (χ4v) is 7.33. The summed E-state index contributed by atoms with van der Waals surface area (Å²) in [6.45, 7) is 11.7. The van der Waals surface area contributed by atoms with Crippen LogP contribution >= 0.6 is 11.3 Å². The molecule has 2 aliphatic carbocycles. The fourth-order valence-electron chi connectivity index (χ4n) is 6.33. The number of aromatic nitrogens is 1. The number of rotatable bonds is 6. The molecule has 1 aromatic carbocycles. The van der Waals surface area contributed by atoms with E-state index >= 15 is 0 Å². The van der Waals surface area contributed by atoms with Crippen LogP contribution in [0.15, 0.2) is 23.6 Å². The van der Waals surface area contributed by atoms with Crippen LogP contribution in [-0.4, -0.2) is 36.6 Å². The van der Waals surface area contributed by atoms with Crippen molar-refractivity contribution in [3.8, 4) is 11.3 Å². The Labute approximate surface area is 215 Å². The maximum Gasteiger partial charge on any atom is 0.162 e. The zero-order valence-electron chi connectivity index (χ0n) is 22.0. The van der Waals surface area contributed by atoms with E-state index in [0.29, 0.717) is 31.4 Å². The van der Waals surface area contributed by atoms with E-state index in [4.69, 9.17) is 9.72 Å². The lowest BCUT2D eigenvalue weighted by Crippen LogP contribution is -2.43. The molecule has 1 atom stereocenters. The normalized spacial score (nSPS) is 27.8. The van der Waals surface area contributed by atoms with Gasteiger partial charge in [-0.1, -0.05) is 39.8 Å². The first-order valence-electron chi connectivity index (χ1n) is 13.7. The summed E-state index contributed by atoms with van der Waals surface area (Å²) in [5.41, 5.74) is 5.89. The molecule has 1 unspecified atom stereocenters. The number of fused-ring (bicyclic) bond motifs is 1. The molecule has 1 N–H and O–H groups in total. The second-order valence-electron chi connectivity index (χ2n) is 12.4. The number of nitrogens with one attached hydrogen (secondary N) is 1. The van der Waals surface area contributed by atoms with E-state index in [9.17, 15) is 4.79 Å². The van der Waals surface area contributed by atoms with E-state index in [1.165, 1.54) is 60.2 Å². The maximum absolute atomic E-state index is 12.5. The Kier molecular flexibility index (Phi) is 7.22. The number of Topliss-reactive ketones (excluding diaryl/α,β-unsaturated/α-hetero) is 1. The quantitative estimate of drug-likeness (QED) is 0.481. The molecule has 2 heterocycles. The van der Waals surface area contributed by atoms with Gasteiger partial charge in [0, 0.05) is 36.4 Å². The molecule has 5 heteroatoms. The van der Waals surface area contributed by atoms with Gasteiger partial charge in [-0.15, -0.1) is 11.3 Å². The van der Waals surface area contributed by atoms with E-state index in [0.717, 1.165) is 18.7 Å². The fraction of sp³-hybridized carbons (Fsp3) is 0.667. The SMILES string of the molecule is CC1(C)CCC(C)(C)c2cc(-c3csc(C4CCC(CCC(=O)C5CNCCO5)CC4)n3)ccc21. The van der Waals surface area contributed by atoms with Gasteiger partial charge in [0.15, 0.2) is 5.78 Å². The van der Waals surface area contributed by atoms with E-state index in [1.54, 1.807) is 0 Å². The molecular formula is C30H42N2O2S. The third-order valence-corrected chi connectivity index (χ3v) is 9.96. The lowest BCUT2D eigenvalue weighted by molar-refractivity contribution is -0.132. The Hall–Kier alpha value is -1.56. The van der Waals surface area contributed by atoms with Crippen molar-refractivity contribution >= 4 is 17.1 Å². The van der Waals surface area contributed by atoms with Crippen molar-refractivity contribution in [2.45, 2.75) is 102 Å². The number of thiazole rings is 1. The van der Waals surface area contributed by atoms with E-state index in [-0.39, 0.29) is 22.7 Å². The molecule has 4 nitrogen and oxygen atoms in total. The van der Waals surface area contributed by atoms with Crippen molar-refractivity contribution in [1.29, 1.82) is 0 Å². The second kappa shape index (κ2) is 10.1. The summed E-state index contributed by atoms with van der Waals surface area (Å²) < 4.78 is 5.63. The summed E-state index contributed by atoms with van der Waals surface area (Å²) in [5.74, 6) is 1.51. The van der Waals surface area contributed by atoms with Crippen molar-refractivity contribution in [2.75, 3.05) is 19.7 Å². The summed E-state index contributed by atoms with van der Waals surface area (Å²) >= 11 is 1.84. The molecule has 0 amide bonds. The van der Waals surface area contributed by atoms with Crippen LogP contribution in [0, 0.1) is 5.92 Å². The zero-order valence-corrected chi connectivity index (χ0v) is 22.8. The molecule has 1 saturated heterocycles. The number of carbonyl (C=O) groups is 1. The molecule has 1 aliphatic heterocycles. The van der Waals surface area contributed by atoms with E-state index < -0.39 is 0 Å². The standard InChI is InChI=1S/C30H42N2O2S/c1-29(2)13-14-30(3,4)24-17-22(10-11-23(24)29)25-19-35-28(32-25)21-8-5-20(6-9-21)7-12-26(33)27-18-31-15-16-34-27/h10-11,17,19-21,27,31H,5-9,12-16,18H2,1-4H3. The van der Waals surface area contributed by atoms with Gasteiger partial charge in [0.25, 0.3) is 0 Å². The molecule has 3 aliphatic rings. The lowest BCUT2D eigenvalue weighted by Gasteiger charge is -2.42. The molecule has 1 saturated carbocycles. The molecule has 35 heavy (non-hydrogen) atoms. The Balaban J connectivity index is 1.19. The molecular weight excluding hydrogens is 452 g/mol. The van der Waals surface area contributed by atoms with Gasteiger partial charge in [-0.2, -0.15) is 0 Å². The first-order valence-corrected chi connectivity index (χ1v) is 14.6. The highest BCUT2D eigenvalue weighted by molar-refractivity contribution is 7.10. The highest BCUT2D eigenvalue weighted by Crippen LogP contribution is 2.47. The molecule has 5 rings (SSSR count). The highest BCUT2D eigenvalue weighted by Gasteiger charge is 2.37. The van der Waals surface area contributed by atoms with Gasteiger partial charge in [0.2, 0.25) is 0 Å². The number of nitrogens with zero attached hydrogens (tertiary/aromatic N) is 1. The topological polar surface area (TPSA) is 51.2 Å².